The molecule has 1 aromatic rings. The number of amides is 2. The van der Waals surface area contributed by atoms with Crippen LogP contribution in [0.15, 0.2) is 30.3 Å². The van der Waals surface area contributed by atoms with E-state index in [9.17, 15) is 9.59 Å². The normalized spacial score (nSPS) is 15.0. The Morgan fingerprint density at radius 3 is 2.56 bits per heavy atom. The number of nitrogens with zero attached hydrogens (tertiary/aromatic N) is 2. The van der Waals surface area contributed by atoms with Crippen LogP contribution in [0.25, 0.3) is 0 Å². The van der Waals surface area contributed by atoms with Gasteiger partial charge in [0.2, 0.25) is 5.91 Å². The number of hydrogen-bond donors (Lipinski definition) is 1. The fourth-order valence-corrected chi connectivity index (χ4v) is 3.27. The Morgan fingerprint density at radius 2 is 1.96 bits per heavy atom. The molecule has 5 heteroatoms. The molecule has 1 aromatic carbocycles. The Kier molecular flexibility index (Phi) is 7.49. The van der Waals surface area contributed by atoms with Crippen LogP contribution in [0.4, 0.5) is 0 Å². The summed E-state index contributed by atoms with van der Waals surface area (Å²) in [5, 5.41) is 2.73. The number of likely N-dealkylation sites (tertiary alicyclic amines) is 1. The van der Waals surface area contributed by atoms with Crippen LogP contribution in [-0.2, 0) is 4.79 Å². The molecule has 0 aliphatic carbocycles. The molecule has 0 atom stereocenters. The van der Waals surface area contributed by atoms with Crippen molar-refractivity contribution in [2.24, 2.45) is 0 Å². The first-order chi connectivity index (χ1) is 12.2. The number of benzene rings is 1. The van der Waals surface area contributed by atoms with Gasteiger partial charge in [0, 0.05) is 24.7 Å². The molecule has 134 valence electrons. The average molecular weight is 341 g/mol. The van der Waals surface area contributed by atoms with Crippen molar-refractivity contribution in [2.75, 3.05) is 32.7 Å². The molecule has 1 aliphatic rings. The molecule has 1 heterocycles. The van der Waals surface area contributed by atoms with Gasteiger partial charge in [-0.1, -0.05) is 31.0 Å². The zero-order valence-corrected chi connectivity index (χ0v) is 14.9. The molecule has 0 spiro atoms. The maximum atomic E-state index is 12.5. The van der Waals surface area contributed by atoms with Gasteiger partial charge in [0.15, 0.2) is 0 Å². The van der Waals surface area contributed by atoms with Crippen LogP contribution < -0.4 is 5.32 Å². The summed E-state index contributed by atoms with van der Waals surface area (Å²) in [6.45, 7) is 5.08. The van der Waals surface area contributed by atoms with Gasteiger partial charge in [0.1, 0.15) is 0 Å². The van der Waals surface area contributed by atoms with Gasteiger partial charge in [0.25, 0.3) is 5.91 Å². The maximum Gasteiger partial charge on any atom is 0.253 e. The molecule has 25 heavy (non-hydrogen) atoms. The van der Waals surface area contributed by atoms with E-state index in [2.05, 4.69) is 23.1 Å². The zero-order chi connectivity index (χ0) is 18.1. The summed E-state index contributed by atoms with van der Waals surface area (Å²) in [5.41, 5.74) is 0.736. The average Bonchev–Trinajstić information content (AvgIpc) is 2.66. The van der Waals surface area contributed by atoms with Gasteiger partial charge in [0.05, 0.1) is 13.1 Å². The lowest BCUT2D eigenvalue weighted by atomic mass is 10.0. The van der Waals surface area contributed by atoms with E-state index in [4.69, 9.17) is 6.42 Å². The van der Waals surface area contributed by atoms with Crippen molar-refractivity contribution in [3.05, 3.63) is 35.9 Å². The molecule has 0 radical (unpaired) electrons. The predicted molar refractivity (Wildman–Crippen MR) is 99.1 cm³/mol. The standard InChI is InChI=1S/C20H27N3O2/c1-3-12-21-19(24)16-23(13-4-2)18-10-14-22(15-11-18)20(25)17-8-6-5-7-9-17/h1,5-9,18H,4,10-16H2,2H3,(H,21,24). The van der Waals surface area contributed by atoms with Gasteiger partial charge >= 0.3 is 0 Å². The topological polar surface area (TPSA) is 52.7 Å². The lowest BCUT2D eigenvalue weighted by Gasteiger charge is -2.38. The van der Waals surface area contributed by atoms with E-state index in [0.717, 1.165) is 44.5 Å². The predicted octanol–water partition coefficient (Wildman–Crippen LogP) is 1.75. The Balaban J connectivity index is 1.88. The molecule has 0 bridgehead atoms. The van der Waals surface area contributed by atoms with Crippen molar-refractivity contribution >= 4 is 11.8 Å². The van der Waals surface area contributed by atoms with Crippen molar-refractivity contribution in [3.8, 4) is 12.3 Å². The van der Waals surface area contributed by atoms with Crippen molar-refractivity contribution in [3.63, 3.8) is 0 Å². The van der Waals surface area contributed by atoms with Crippen LogP contribution in [0, 0.1) is 12.3 Å². The van der Waals surface area contributed by atoms with Gasteiger partial charge in [-0.15, -0.1) is 6.42 Å². The molecule has 1 aliphatic heterocycles. The summed E-state index contributed by atoms with van der Waals surface area (Å²) >= 11 is 0. The summed E-state index contributed by atoms with van der Waals surface area (Å²) in [6, 6.07) is 9.73. The smallest absolute Gasteiger partial charge is 0.253 e. The molecule has 2 rings (SSSR count). The maximum absolute atomic E-state index is 12.5. The second-order valence-corrected chi connectivity index (χ2v) is 6.34. The Morgan fingerprint density at radius 1 is 1.28 bits per heavy atom. The number of carbonyl (C=O) groups excluding carboxylic acids is 2. The molecule has 0 aromatic heterocycles. The third-order valence-corrected chi connectivity index (χ3v) is 4.53. The molecular weight excluding hydrogens is 314 g/mol. The summed E-state index contributed by atoms with van der Waals surface area (Å²) in [7, 11) is 0. The lowest BCUT2D eigenvalue weighted by Crippen LogP contribution is -2.49. The van der Waals surface area contributed by atoms with E-state index in [1.807, 2.05) is 35.2 Å². The number of hydrogen-bond acceptors (Lipinski definition) is 3. The molecule has 0 saturated carbocycles. The summed E-state index contributed by atoms with van der Waals surface area (Å²) in [4.78, 5) is 28.6. The van der Waals surface area contributed by atoms with Crippen molar-refractivity contribution in [1.82, 2.24) is 15.1 Å². The van der Waals surface area contributed by atoms with Gasteiger partial charge in [-0.2, -0.15) is 0 Å². The molecular formula is C20H27N3O2. The summed E-state index contributed by atoms with van der Waals surface area (Å²) < 4.78 is 0. The van der Waals surface area contributed by atoms with Gasteiger partial charge in [-0.25, -0.2) is 0 Å². The zero-order valence-electron chi connectivity index (χ0n) is 14.9. The first kappa shape index (κ1) is 19.0. The van der Waals surface area contributed by atoms with E-state index < -0.39 is 0 Å². The van der Waals surface area contributed by atoms with E-state index in [1.165, 1.54) is 0 Å². The molecule has 5 nitrogen and oxygen atoms in total. The van der Waals surface area contributed by atoms with Crippen LogP contribution in [0.3, 0.4) is 0 Å². The molecule has 2 amide bonds. The van der Waals surface area contributed by atoms with E-state index in [0.29, 0.717) is 12.6 Å². The Bertz CT molecular complexity index is 601. The van der Waals surface area contributed by atoms with Crippen LogP contribution in [0.1, 0.15) is 36.5 Å². The summed E-state index contributed by atoms with van der Waals surface area (Å²) in [5.74, 6) is 2.48. The Labute approximate surface area is 150 Å². The Hall–Kier alpha value is -2.32. The van der Waals surface area contributed by atoms with E-state index in [-0.39, 0.29) is 18.4 Å². The third kappa shape index (κ3) is 5.61. The minimum Gasteiger partial charge on any atom is -0.344 e. The first-order valence-electron chi connectivity index (χ1n) is 8.94. The lowest BCUT2D eigenvalue weighted by molar-refractivity contribution is -0.122. The first-order valence-corrected chi connectivity index (χ1v) is 8.94. The van der Waals surface area contributed by atoms with E-state index >= 15 is 0 Å². The van der Waals surface area contributed by atoms with Gasteiger partial charge in [-0.3, -0.25) is 14.5 Å². The number of carbonyl (C=O) groups is 2. The highest BCUT2D eigenvalue weighted by atomic mass is 16.2. The van der Waals surface area contributed by atoms with Crippen molar-refractivity contribution < 1.29 is 9.59 Å². The molecule has 0 unspecified atom stereocenters. The molecule has 1 saturated heterocycles. The third-order valence-electron chi connectivity index (χ3n) is 4.53. The summed E-state index contributed by atoms with van der Waals surface area (Å²) in [6.07, 6.45) is 7.96. The molecule has 1 fully saturated rings. The quantitative estimate of drug-likeness (QED) is 0.769. The van der Waals surface area contributed by atoms with Crippen molar-refractivity contribution in [1.29, 1.82) is 0 Å². The van der Waals surface area contributed by atoms with Crippen LogP contribution in [0.5, 0.6) is 0 Å². The fourth-order valence-electron chi connectivity index (χ4n) is 3.27. The number of nitrogens with one attached hydrogen (secondary N) is 1. The van der Waals surface area contributed by atoms with Gasteiger partial charge < -0.3 is 10.2 Å². The largest absolute Gasteiger partial charge is 0.344 e. The second kappa shape index (κ2) is 9.85. The monoisotopic (exact) mass is 341 g/mol. The van der Waals surface area contributed by atoms with E-state index in [1.54, 1.807) is 0 Å². The fraction of sp³-hybridized carbons (Fsp3) is 0.500. The highest BCUT2D eigenvalue weighted by Gasteiger charge is 2.27. The number of rotatable bonds is 7. The number of piperidine rings is 1. The van der Waals surface area contributed by atoms with Gasteiger partial charge in [-0.05, 0) is 37.9 Å². The SMILES string of the molecule is C#CCNC(=O)CN(CCC)C1CCN(C(=O)c2ccccc2)CC1. The minimum atomic E-state index is -0.0332. The van der Waals surface area contributed by atoms with Crippen molar-refractivity contribution in [2.45, 2.75) is 32.2 Å². The minimum absolute atomic E-state index is 0.0332. The highest BCUT2D eigenvalue weighted by Crippen LogP contribution is 2.18. The second-order valence-electron chi connectivity index (χ2n) is 6.34. The van der Waals surface area contributed by atoms with Crippen LogP contribution in [-0.4, -0.2) is 60.4 Å². The molecule has 1 N–H and O–H groups in total. The van der Waals surface area contributed by atoms with Crippen LogP contribution in [0.2, 0.25) is 0 Å². The highest BCUT2D eigenvalue weighted by molar-refractivity contribution is 5.94. The number of terminal acetylenes is 1. The van der Waals surface area contributed by atoms with Crippen LogP contribution >= 0.6 is 0 Å².